The van der Waals surface area contributed by atoms with Gasteiger partial charge in [-0.2, -0.15) is 17.6 Å². The summed E-state index contributed by atoms with van der Waals surface area (Å²) < 4.78 is 75.9. The third-order valence-electron chi connectivity index (χ3n) is 11.7. The van der Waals surface area contributed by atoms with Crippen molar-refractivity contribution in [1.29, 1.82) is 0 Å². The molecule has 2 saturated heterocycles. The molecular formula is C44H46F4N6O4. The number of likely N-dealkylation sites (tertiary alicyclic amines) is 2. The van der Waals surface area contributed by atoms with Gasteiger partial charge >= 0.3 is 24.0 Å². The third-order valence-corrected chi connectivity index (χ3v) is 11.7. The summed E-state index contributed by atoms with van der Waals surface area (Å²) >= 11 is 0. The fourth-order valence-electron chi connectivity index (χ4n) is 8.72. The first-order valence-electron chi connectivity index (χ1n) is 19.8. The predicted molar refractivity (Wildman–Crippen MR) is 209 cm³/mol. The van der Waals surface area contributed by atoms with E-state index in [1.165, 1.54) is 18.3 Å². The van der Waals surface area contributed by atoms with Crippen molar-refractivity contribution < 1.29 is 36.6 Å². The first-order chi connectivity index (χ1) is 27.2. The van der Waals surface area contributed by atoms with E-state index in [1.54, 1.807) is 60.9 Å². The van der Waals surface area contributed by atoms with Gasteiger partial charge in [0.15, 0.2) is 0 Å². The molecule has 14 heteroatoms. The Bertz CT molecular complexity index is 2480. The number of halogens is 4. The topological polar surface area (TPSA) is 116 Å². The molecule has 58 heavy (non-hydrogen) atoms. The summed E-state index contributed by atoms with van der Waals surface area (Å²) in [5.74, 6) is -7.99. The maximum absolute atomic E-state index is 16.2. The zero-order chi connectivity index (χ0) is 41.2. The highest BCUT2D eigenvalue weighted by molar-refractivity contribution is 5.85. The average Bonchev–Trinajstić information content (AvgIpc) is 3.64. The van der Waals surface area contributed by atoms with Gasteiger partial charge in [-0.3, -0.25) is 9.80 Å². The van der Waals surface area contributed by atoms with Crippen molar-refractivity contribution in [1.82, 2.24) is 29.7 Å². The average molecular weight is 799 g/mol. The van der Waals surface area contributed by atoms with Gasteiger partial charge in [0.1, 0.15) is 22.9 Å². The monoisotopic (exact) mass is 798 g/mol. The summed E-state index contributed by atoms with van der Waals surface area (Å²) in [6.07, 6.45) is 4.78. The Kier molecular flexibility index (Phi) is 8.42. The van der Waals surface area contributed by atoms with Crippen molar-refractivity contribution in [3.63, 3.8) is 0 Å². The number of hydrogen-bond donors (Lipinski definition) is 2. The van der Waals surface area contributed by atoms with Crippen LogP contribution >= 0.6 is 0 Å². The number of rotatable bonds is 4. The number of ether oxygens (including phenoxy) is 2. The Morgan fingerprint density at radius 2 is 1.33 bits per heavy atom. The predicted octanol–water partition coefficient (Wildman–Crippen LogP) is 11.0. The van der Waals surface area contributed by atoms with E-state index in [4.69, 9.17) is 14.5 Å². The molecule has 3 aromatic carbocycles. The lowest BCUT2D eigenvalue weighted by molar-refractivity contribution is -0.225. The van der Waals surface area contributed by atoms with E-state index in [0.29, 0.717) is 65.4 Å². The molecule has 4 heterocycles. The molecule has 304 valence electrons. The van der Waals surface area contributed by atoms with Crippen LogP contribution in [0.25, 0.3) is 44.5 Å². The normalized spacial score (nSPS) is 21.6. The largest absolute Gasteiger partial charge is 0.444 e. The fraction of sp³-hybridized carbons (Fsp3) is 0.455. The maximum Gasteiger partial charge on any atom is 0.410 e. The SMILES string of the molecule is CC(C)(C)OC(=O)N1CC2(CC2)C[C@H]1c1ncc(-c2ccc3c(c2)C(F)(F)C(F)(F)c2cc(-c4ccc5nc([C@@H]6CCCN6C(=O)OC(C)(C)C)[nH]c5c4)ccc2-3)[nH]1. The Hall–Kier alpha value is -5.40. The quantitative estimate of drug-likeness (QED) is 0.175. The molecule has 2 N–H and O–H groups in total. The van der Waals surface area contributed by atoms with Crippen LogP contribution in [-0.4, -0.2) is 66.2 Å². The van der Waals surface area contributed by atoms with Crippen molar-refractivity contribution in [2.24, 2.45) is 5.41 Å². The molecule has 2 aromatic heterocycles. The fourth-order valence-corrected chi connectivity index (χ4v) is 8.72. The number of amides is 2. The highest BCUT2D eigenvalue weighted by Crippen LogP contribution is 2.60. The molecule has 9 rings (SSSR count). The lowest BCUT2D eigenvalue weighted by Gasteiger charge is -2.35. The number of aromatic nitrogens is 4. The number of alkyl halides is 4. The highest BCUT2D eigenvalue weighted by Gasteiger charge is 2.63. The Balaban J connectivity index is 1.00. The number of imidazole rings is 2. The number of carbonyl (C=O) groups excluding carboxylic acids is 2. The molecule has 3 fully saturated rings. The van der Waals surface area contributed by atoms with Crippen LogP contribution in [0.4, 0.5) is 27.2 Å². The highest BCUT2D eigenvalue weighted by atomic mass is 19.3. The number of carbonyl (C=O) groups is 2. The molecule has 1 spiro atoms. The minimum Gasteiger partial charge on any atom is -0.444 e. The number of aromatic amines is 2. The summed E-state index contributed by atoms with van der Waals surface area (Å²) in [5, 5.41) is 0. The summed E-state index contributed by atoms with van der Waals surface area (Å²) in [5.41, 5.74) is -0.0560. The molecule has 0 bridgehead atoms. The Labute approximate surface area is 333 Å². The van der Waals surface area contributed by atoms with Crippen LogP contribution in [0.15, 0.2) is 60.8 Å². The molecule has 0 radical (unpaired) electrons. The van der Waals surface area contributed by atoms with Crippen molar-refractivity contribution in [3.8, 4) is 33.5 Å². The van der Waals surface area contributed by atoms with Gasteiger partial charge in [-0.1, -0.05) is 30.3 Å². The van der Waals surface area contributed by atoms with E-state index in [2.05, 4.69) is 15.0 Å². The molecule has 2 atom stereocenters. The summed E-state index contributed by atoms with van der Waals surface area (Å²) in [6.45, 7) is 11.9. The number of nitrogens with one attached hydrogen (secondary N) is 2. The Morgan fingerprint density at radius 3 is 1.97 bits per heavy atom. The van der Waals surface area contributed by atoms with Crippen LogP contribution in [0.3, 0.4) is 0 Å². The van der Waals surface area contributed by atoms with Gasteiger partial charge in [-0.05, 0) is 126 Å². The van der Waals surface area contributed by atoms with Gasteiger partial charge in [0.25, 0.3) is 0 Å². The number of fused-ring (bicyclic) bond motifs is 4. The van der Waals surface area contributed by atoms with Gasteiger partial charge in [0.2, 0.25) is 0 Å². The van der Waals surface area contributed by atoms with Crippen molar-refractivity contribution in [3.05, 3.63) is 83.6 Å². The third kappa shape index (κ3) is 6.48. The summed E-state index contributed by atoms with van der Waals surface area (Å²) in [6, 6.07) is 13.0. The van der Waals surface area contributed by atoms with Gasteiger partial charge in [0.05, 0.1) is 35.0 Å². The van der Waals surface area contributed by atoms with Gasteiger partial charge in [-0.25, -0.2) is 19.6 Å². The van der Waals surface area contributed by atoms with Gasteiger partial charge in [-0.15, -0.1) is 0 Å². The van der Waals surface area contributed by atoms with E-state index in [9.17, 15) is 9.59 Å². The van der Waals surface area contributed by atoms with Crippen LogP contribution in [0.2, 0.25) is 0 Å². The molecule has 2 aliphatic heterocycles. The van der Waals surface area contributed by atoms with Crippen LogP contribution in [-0.2, 0) is 21.3 Å². The zero-order valence-corrected chi connectivity index (χ0v) is 33.3. The molecule has 2 amide bonds. The van der Waals surface area contributed by atoms with E-state index in [0.717, 1.165) is 31.4 Å². The van der Waals surface area contributed by atoms with E-state index in [1.807, 2.05) is 20.8 Å². The standard InChI is InChI=1S/C44H46F4N6O4/c1-40(2,3)57-38(55)53-17-7-8-34(53)37-50-31-14-11-25(20-32(31)51-37)24-9-12-27-28-13-10-26(19-30(28)44(47,48)43(45,46)29(27)18-24)33-22-49-36(52-33)35-21-42(15-16-42)23-54(35)39(56)58-41(4,5)6/h9-14,18-20,22,34-35H,7-8,15-17,21,23H2,1-6H3,(H,49,52)(H,50,51)/t34-,35-/m0/s1. The van der Waals surface area contributed by atoms with Crippen LogP contribution in [0.5, 0.6) is 0 Å². The molecule has 5 aromatic rings. The van der Waals surface area contributed by atoms with Gasteiger partial charge in [0, 0.05) is 29.8 Å². The second kappa shape index (κ2) is 12.8. The molecule has 10 nitrogen and oxygen atoms in total. The molecular weight excluding hydrogens is 753 g/mol. The van der Waals surface area contributed by atoms with E-state index in [-0.39, 0.29) is 28.1 Å². The van der Waals surface area contributed by atoms with Crippen molar-refractivity contribution >= 4 is 23.2 Å². The lowest BCUT2D eigenvalue weighted by Crippen LogP contribution is -2.39. The lowest BCUT2D eigenvalue weighted by atomic mass is 9.78. The second-order valence-electron chi connectivity index (χ2n) is 18.4. The first-order valence-corrected chi connectivity index (χ1v) is 19.8. The van der Waals surface area contributed by atoms with E-state index < -0.39 is 52.4 Å². The number of benzene rings is 3. The van der Waals surface area contributed by atoms with Crippen molar-refractivity contribution in [2.45, 2.75) is 109 Å². The summed E-state index contributed by atoms with van der Waals surface area (Å²) in [7, 11) is 0. The van der Waals surface area contributed by atoms with E-state index >= 15 is 17.6 Å². The minimum absolute atomic E-state index is 0.0126. The summed E-state index contributed by atoms with van der Waals surface area (Å²) in [4.78, 5) is 45.2. The van der Waals surface area contributed by atoms with Crippen molar-refractivity contribution in [2.75, 3.05) is 13.1 Å². The minimum atomic E-state index is -4.53. The van der Waals surface area contributed by atoms with Gasteiger partial charge < -0.3 is 19.4 Å². The zero-order valence-electron chi connectivity index (χ0n) is 33.3. The number of H-pyrrole nitrogens is 2. The molecule has 0 unspecified atom stereocenters. The first kappa shape index (κ1) is 38.1. The van der Waals surface area contributed by atoms with Crippen LogP contribution in [0.1, 0.15) is 109 Å². The second-order valence-corrected chi connectivity index (χ2v) is 18.4. The van der Waals surface area contributed by atoms with Crippen LogP contribution < -0.4 is 0 Å². The molecule has 1 saturated carbocycles. The number of hydrogen-bond acceptors (Lipinski definition) is 6. The molecule has 4 aliphatic rings. The van der Waals surface area contributed by atoms with Crippen LogP contribution in [0, 0.1) is 5.41 Å². The Morgan fingerprint density at radius 1 is 0.741 bits per heavy atom. The maximum atomic E-state index is 16.2. The molecule has 2 aliphatic carbocycles. The number of nitrogens with zero attached hydrogens (tertiary/aromatic N) is 4. The smallest absolute Gasteiger partial charge is 0.410 e.